The van der Waals surface area contributed by atoms with E-state index in [1.165, 1.54) is 5.06 Å². The van der Waals surface area contributed by atoms with Crippen LogP contribution < -0.4 is 0 Å². The summed E-state index contributed by atoms with van der Waals surface area (Å²) in [6.45, 7) is 0.503. The van der Waals surface area contributed by atoms with Crippen LogP contribution in [0.2, 0.25) is 0 Å². The highest BCUT2D eigenvalue weighted by molar-refractivity contribution is 7.74. The van der Waals surface area contributed by atoms with Crippen LogP contribution in [0.1, 0.15) is 0 Å². The topological polar surface area (TPSA) is 49.8 Å². The summed E-state index contributed by atoms with van der Waals surface area (Å²) in [5, 5.41) is 1.27. The number of allylic oxidation sites excluding steroid dienone is 2. The van der Waals surface area contributed by atoms with Gasteiger partial charge in [-0.25, -0.2) is 5.06 Å². The van der Waals surface area contributed by atoms with Gasteiger partial charge < -0.3 is 0 Å². The van der Waals surface area contributed by atoms with E-state index in [0.717, 1.165) is 0 Å². The zero-order valence-electron chi connectivity index (χ0n) is 5.14. The van der Waals surface area contributed by atoms with Crippen LogP contribution in [-0.4, -0.2) is 20.4 Å². The number of hydrogen-bond acceptors (Lipinski definition) is 3. The molecule has 1 rings (SSSR count). The van der Waals surface area contributed by atoms with Crippen LogP contribution in [0.3, 0.4) is 0 Å². The van der Waals surface area contributed by atoms with Gasteiger partial charge in [-0.3, -0.25) is 4.55 Å². The van der Waals surface area contributed by atoms with Gasteiger partial charge in [0.15, 0.2) is 0 Å². The summed E-state index contributed by atoms with van der Waals surface area (Å²) in [7, 11) is 0. The molecular weight excluding hydrogens is 154 g/mol. The molecule has 56 valence electrons. The molecule has 1 unspecified atom stereocenters. The van der Waals surface area contributed by atoms with Crippen molar-refractivity contribution in [3.05, 3.63) is 24.4 Å². The van der Waals surface area contributed by atoms with E-state index in [1.54, 1.807) is 12.3 Å². The van der Waals surface area contributed by atoms with E-state index in [4.69, 9.17) is 4.55 Å². The van der Waals surface area contributed by atoms with Gasteiger partial charge in [-0.2, -0.15) is 4.21 Å². The van der Waals surface area contributed by atoms with E-state index in [1.807, 2.05) is 12.2 Å². The van der Waals surface area contributed by atoms with Crippen LogP contribution in [0.25, 0.3) is 0 Å². The van der Waals surface area contributed by atoms with E-state index >= 15 is 0 Å². The Balaban J connectivity index is 2.37. The lowest BCUT2D eigenvalue weighted by Gasteiger charge is -2.15. The fourth-order valence-corrected chi connectivity index (χ4v) is 0.861. The highest BCUT2D eigenvalue weighted by Crippen LogP contribution is 1.99. The first-order valence-corrected chi connectivity index (χ1v) is 3.71. The molecule has 1 aliphatic rings. The Morgan fingerprint density at radius 1 is 1.60 bits per heavy atom. The fourth-order valence-electron chi connectivity index (χ4n) is 0.587. The zero-order valence-corrected chi connectivity index (χ0v) is 5.95. The maximum Gasteiger partial charge on any atom is 0.325 e. The lowest BCUT2D eigenvalue weighted by molar-refractivity contribution is 0.00993. The second kappa shape index (κ2) is 3.50. The van der Waals surface area contributed by atoms with Gasteiger partial charge in [0.1, 0.15) is 0 Å². The van der Waals surface area contributed by atoms with Crippen LogP contribution in [0.4, 0.5) is 0 Å². The number of hydrogen-bond donors (Lipinski definition) is 1. The lowest BCUT2D eigenvalue weighted by atomic mass is 10.4. The molecule has 0 aromatic heterocycles. The molecule has 0 spiro atoms. The van der Waals surface area contributed by atoms with Crippen molar-refractivity contribution in [2.24, 2.45) is 0 Å². The Kier molecular flexibility index (Phi) is 2.61. The van der Waals surface area contributed by atoms with Crippen LogP contribution in [0.15, 0.2) is 24.4 Å². The molecule has 4 nitrogen and oxygen atoms in total. The molecule has 0 fully saturated rings. The monoisotopic (exact) mass is 161 g/mol. The van der Waals surface area contributed by atoms with Crippen LogP contribution in [-0.2, 0) is 15.6 Å². The van der Waals surface area contributed by atoms with Crippen molar-refractivity contribution in [2.45, 2.75) is 0 Å². The summed E-state index contributed by atoms with van der Waals surface area (Å²) in [4.78, 5) is 0. The Labute approximate surface area is 61.2 Å². The first-order chi connectivity index (χ1) is 4.79. The molecule has 1 atom stereocenters. The van der Waals surface area contributed by atoms with Gasteiger partial charge in [0.2, 0.25) is 0 Å². The minimum Gasteiger partial charge on any atom is -0.282 e. The molecule has 1 aliphatic heterocycles. The van der Waals surface area contributed by atoms with Crippen molar-refractivity contribution >= 4 is 11.4 Å². The molecule has 0 bridgehead atoms. The normalized spacial score (nSPS) is 19.5. The van der Waals surface area contributed by atoms with Crippen LogP contribution in [0.5, 0.6) is 0 Å². The fraction of sp³-hybridized carbons (Fsp3) is 0.200. The van der Waals surface area contributed by atoms with Gasteiger partial charge in [-0.1, -0.05) is 12.2 Å². The molecule has 0 aliphatic carbocycles. The molecule has 0 aromatic carbocycles. The second-order valence-electron chi connectivity index (χ2n) is 1.66. The second-order valence-corrected chi connectivity index (χ2v) is 2.24. The lowest BCUT2D eigenvalue weighted by Crippen LogP contribution is -2.20. The number of rotatable bonds is 2. The standard InChI is InChI=1S/C5H7NO3S/c7-10(8)9-6-4-2-1-3-5-6/h1-4H,5H2,(H,7,8). The van der Waals surface area contributed by atoms with E-state index in [-0.39, 0.29) is 0 Å². The quantitative estimate of drug-likeness (QED) is 0.597. The van der Waals surface area contributed by atoms with Gasteiger partial charge in [0.25, 0.3) is 0 Å². The Hall–Kier alpha value is -0.650. The molecule has 0 aromatic rings. The average Bonchev–Trinajstić information content (AvgIpc) is 1.88. The molecular formula is C5H7NO3S. The van der Waals surface area contributed by atoms with Gasteiger partial charge in [-0.15, -0.1) is 4.28 Å². The Bertz CT molecular complexity index is 189. The summed E-state index contributed by atoms with van der Waals surface area (Å²) in [5.41, 5.74) is 0. The summed E-state index contributed by atoms with van der Waals surface area (Å²) >= 11 is -2.22. The van der Waals surface area contributed by atoms with E-state index in [2.05, 4.69) is 4.28 Å². The van der Waals surface area contributed by atoms with E-state index < -0.39 is 11.4 Å². The molecule has 0 saturated heterocycles. The smallest absolute Gasteiger partial charge is 0.282 e. The maximum absolute atomic E-state index is 10.1. The molecule has 1 heterocycles. The van der Waals surface area contributed by atoms with Crippen molar-refractivity contribution in [3.8, 4) is 0 Å². The van der Waals surface area contributed by atoms with Gasteiger partial charge in [-0.05, 0) is 6.08 Å². The van der Waals surface area contributed by atoms with Crippen LogP contribution >= 0.6 is 0 Å². The Morgan fingerprint density at radius 2 is 2.40 bits per heavy atom. The average molecular weight is 161 g/mol. The van der Waals surface area contributed by atoms with Gasteiger partial charge >= 0.3 is 11.4 Å². The summed E-state index contributed by atoms with van der Waals surface area (Å²) in [6, 6.07) is 0. The number of hydroxylamine groups is 2. The summed E-state index contributed by atoms with van der Waals surface area (Å²) in [6.07, 6.45) is 6.94. The molecule has 0 saturated carbocycles. The third kappa shape index (κ3) is 2.30. The highest BCUT2D eigenvalue weighted by atomic mass is 32.2. The number of nitrogens with zero attached hydrogens (tertiary/aromatic N) is 1. The first kappa shape index (κ1) is 7.46. The van der Waals surface area contributed by atoms with Gasteiger partial charge in [0, 0.05) is 6.20 Å². The molecule has 0 radical (unpaired) electrons. The maximum atomic E-state index is 10.1. The van der Waals surface area contributed by atoms with Crippen molar-refractivity contribution in [2.75, 3.05) is 6.54 Å². The third-order valence-electron chi connectivity index (χ3n) is 0.944. The van der Waals surface area contributed by atoms with Crippen molar-refractivity contribution < 1.29 is 13.0 Å². The SMILES string of the molecule is O=S(O)ON1C=CC=CC1. The minimum absolute atomic E-state index is 0.503. The van der Waals surface area contributed by atoms with Crippen molar-refractivity contribution in [1.82, 2.24) is 5.06 Å². The molecule has 0 amide bonds. The van der Waals surface area contributed by atoms with E-state index in [0.29, 0.717) is 6.54 Å². The molecule has 5 heteroatoms. The minimum atomic E-state index is -2.22. The third-order valence-corrected chi connectivity index (χ3v) is 1.26. The Morgan fingerprint density at radius 3 is 2.90 bits per heavy atom. The molecule has 10 heavy (non-hydrogen) atoms. The predicted octanol–water partition coefficient (Wildman–Crippen LogP) is 0.440. The van der Waals surface area contributed by atoms with Gasteiger partial charge in [0.05, 0.1) is 6.54 Å². The highest BCUT2D eigenvalue weighted by Gasteiger charge is 2.02. The molecule has 1 N–H and O–H groups in total. The van der Waals surface area contributed by atoms with E-state index in [9.17, 15) is 4.21 Å². The first-order valence-electron chi connectivity index (χ1n) is 2.68. The van der Waals surface area contributed by atoms with Crippen molar-refractivity contribution in [3.63, 3.8) is 0 Å². The zero-order chi connectivity index (χ0) is 7.40. The summed E-state index contributed by atoms with van der Waals surface area (Å²) in [5.74, 6) is 0. The summed E-state index contributed by atoms with van der Waals surface area (Å²) < 4.78 is 22.7. The van der Waals surface area contributed by atoms with Crippen molar-refractivity contribution in [1.29, 1.82) is 0 Å². The largest absolute Gasteiger partial charge is 0.325 e. The predicted molar refractivity (Wildman–Crippen MR) is 36.8 cm³/mol. The van der Waals surface area contributed by atoms with Crippen LogP contribution in [0, 0.1) is 0 Å².